The van der Waals surface area contributed by atoms with Crippen molar-refractivity contribution in [3.05, 3.63) is 216 Å². The third-order valence-corrected chi connectivity index (χ3v) is 14.7. The van der Waals surface area contributed by atoms with Gasteiger partial charge in [-0.05, 0) is 120 Å². The Kier molecular flexibility index (Phi) is 13.2. The minimum atomic E-state index is -0.121. The molecule has 2 saturated carbocycles. The van der Waals surface area contributed by atoms with E-state index in [0.29, 0.717) is 17.9 Å². The SMILES string of the molecule is C=C1/C=C\C=C/N([C@@H]2CN2/C(=C\N)C2=CC[C@](C)(NC3C=CC=CC3)C(C3C=C[C@H]4CC34)=C2)/C=C\C(C2C=C(CNC(=CC(=NC)c3ccccc3)C3CCCCC3)C=CC2)=C/C1=C. The van der Waals surface area contributed by atoms with Crippen LogP contribution in [0.15, 0.2) is 215 Å². The van der Waals surface area contributed by atoms with E-state index in [0.717, 1.165) is 72.3 Å². The zero-order valence-electron chi connectivity index (χ0n) is 38.1. The van der Waals surface area contributed by atoms with E-state index in [1.165, 1.54) is 66.5 Å². The van der Waals surface area contributed by atoms with Gasteiger partial charge in [-0.2, -0.15) is 0 Å². The predicted molar refractivity (Wildman–Crippen MR) is 269 cm³/mol. The number of rotatable bonds is 13. The van der Waals surface area contributed by atoms with Crippen LogP contribution >= 0.6 is 0 Å². The number of aliphatic imine (C=N–C) groups is 1. The first-order valence-electron chi connectivity index (χ1n) is 24.0. The van der Waals surface area contributed by atoms with Gasteiger partial charge < -0.3 is 26.2 Å². The van der Waals surface area contributed by atoms with Crippen molar-refractivity contribution in [2.75, 3.05) is 20.1 Å². The lowest BCUT2D eigenvalue weighted by atomic mass is 9.74. The van der Waals surface area contributed by atoms with Gasteiger partial charge in [-0.25, -0.2) is 0 Å². The first-order valence-corrected chi connectivity index (χ1v) is 24.0. The topological polar surface area (TPSA) is 68.7 Å². The van der Waals surface area contributed by atoms with Crippen LogP contribution < -0.4 is 16.4 Å². The number of hydrogen-bond donors (Lipinski definition) is 3. The molecule has 1 saturated heterocycles. The van der Waals surface area contributed by atoms with Gasteiger partial charge in [0.05, 0.1) is 18.0 Å². The van der Waals surface area contributed by atoms with Crippen LogP contribution in [-0.2, 0) is 0 Å². The summed E-state index contributed by atoms with van der Waals surface area (Å²) in [5, 5.41) is 8.00. The molecule has 1 aromatic carbocycles. The normalized spacial score (nSPS) is 33.1. The van der Waals surface area contributed by atoms with Crippen molar-refractivity contribution < 1.29 is 0 Å². The van der Waals surface area contributed by atoms with E-state index < -0.39 is 0 Å². The molecule has 4 unspecified atom stereocenters. The first-order chi connectivity index (χ1) is 31.3. The van der Waals surface area contributed by atoms with Crippen LogP contribution in [0.3, 0.4) is 0 Å². The second-order valence-electron chi connectivity index (χ2n) is 19.2. The Labute approximate surface area is 383 Å². The number of allylic oxidation sites excluding steroid dienone is 17. The monoisotopic (exact) mass is 849 g/mol. The van der Waals surface area contributed by atoms with E-state index in [2.05, 4.69) is 187 Å². The Morgan fingerprint density at radius 2 is 1.78 bits per heavy atom. The number of nitrogens with two attached hydrogens (primary N) is 1. The lowest BCUT2D eigenvalue weighted by Crippen LogP contribution is -2.51. The van der Waals surface area contributed by atoms with Gasteiger partial charge in [0, 0.05) is 61.3 Å². The molecule has 4 N–H and O–H groups in total. The maximum Gasteiger partial charge on any atom is 0.123 e. The van der Waals surface area contributed by atoms with Gasteiger partial charge in [-0.3, -0.25) is 4.99 Å². The third-order valence-electron chi connectivity index (χ3n) is 14.7. The Bertz CT molecular complexity index is 2400. The summed E-state index contributed by atoms with van der Waals surface area (Å²) >= 11 is 0. The van der Waals surface area contributed by atoms with Crippen molar-refractivity contribution >= 4 is 5.71 Å². The summed E-state index contributed by atoms with van der Waals surface area (Å²) in [4.78, 5) is 9.49. The van der Waals surface area contributed by atoms with Gasteiger partial charge in [-0.1, -0.05) is 148 Å². The van der Waals surface area contributed by atoms with E-state index in [1.54, 1.807) is 0 Å². The van der Waals surface area contributed by atoms with E-state index in [-0.39, 0.29) is 17.6 Å². The van der Waals surface area contributed by atoms with E-state index in [4.69, 9.17) is 10.7 Å². The molecule has 3 fully saturated rings. The highest BCUT2D eigenvalue weighted by Gasteiger charge is 2.50. The number of nitrogens with one attached hydrogen (secondary N) is 2. The fourth-order valence-electron chi connectivity index (χ4n) is 10.8. The molecule has 6 heteroatoms. The number of nitrogens with zero attached hydrogens (tertiary/aromatic N) is 3. The zero-order valence-corrected chi connectivity index (χ0v) is 38.1. The van der Waals surface area contributed by atoms with E-state index in [9.17, 15) is 0 Å². The summed E-state index contributed by atoms with van der Waals surface area (Å²) in [7, 11) is 1.90. The van der Waals surface area contributed by atoms with Crippen LogP contribution in [0.4, 0.5) is 0 Å². The van der Waals surface area contributed by atoms with Crippen LogP contribution in [0.2, 0.25) is 0 Å². The minimum Gasteiger partial charge on any atom is -0.403 e. The molecule has 0 spiro atoms. The molecule has 2 heterocycles. The molecule has 6 nitrogen and oxygen atoms in total. The first kappa shape index (κ1) is 43.4. The summed E-state index contributed by atoms with van der Waals surface area (Å²) in [5.74, 6) is 2.66. The average molecular weight is 849 g/mol. The number of hydrogen-bond acceptors (Lipinski definition) is 6. The van der Waals surface area contributed by atoms with Crippen LogP contribution in [0.25, 0.3) is 0 Å². The van der Waals surface area contributed by atoms with Crippen molar-refractivity contribution in [2.45, 2.75) is 82.5 Å². The summed E-state index contributed by atoms with van der Waals surface area (Å²) in [6.07, 6.45) is 55.8. The van der Waals surface area contributed by atoms with Crippen molar-refractivity contribution in [1.29, 1.82) is 0 Å². The highest BCUT2D eigenvalue weighted by Crippen LogP contribution is 2.56. The van der Waals surface area contributed by atoms with Gasteiger partial charge in [0.25, 0.3) is 0 Å². The molecule has 1 aromatic rings. The molecule has 9 rings (SSSR count). The third kappa shape index (κ3) is 9.93. The molecule has 6 aliphatic carbocycles. The van der Waals surface area contributed by atoms with Crippen molar-refractivity contribution in [1.82, 2.24) is 20.4 Å². The smallest absolute Gasteiger partial charge is 0.123 e. The summed E-state index contributed by atoms with van der Waals surface area (Å²) < 4.78 is 0. The maximum atomic E-state index is 6.57. The molecule has 2 aliphatic heterocycles. The van der Waals surface area contributed by atoms with Gasteiger partial charge in [0.1, 0.15) is 6.17 Å². The zero-order chi connectivity index (χ0) is 44.0. The van der Waals surface area contributed by atoms with Crippen LogP contribution in [0.5, 0.6) is 0 Å². The number of fused-ring (bicyclic) bond motifs is 1. The molecule has 0 radical (unpaired) electrons. The van der Waals surface area contributed by atoms with Gasteiger partial charge in [-0.15, -0.1) is 0 Å². The second kappa shape index (κ2) is 19.5. The van der Waals surface area contributed by atoms with Crippen LogP contribution in [0, 0.1) is 29.6 Å². The molecule has 0 bridgehead atoms. The Morgan fingerprint density at radius 1 is 0.922 bits per heavy atom. The minimum absolute atomic E-state index is 0.121. The van der Waals surface area contributed by atoms with Crippen molar-refractivity contribution in [2.24, 2.45) is 40.3 Å². The summed E-state index contributed by atoms with van der Waals surface area (Å²) in [6, 6.07) is 10.9. The molecule has 0 amide bonds. The lowest BCUT2D eigenvalue weighted by Gasteiger charge is -2.41. The molecular weight excluding hydrogens is 781 g/mol. The second-order valence-corrected chi connectivity index (χ2v) is 19.2. The predicted octanol–water partition coefficient (Wildman–Crippen LogP) is 11.4. The molecule has 64 heavy (non-hydrogen) atoms. The van der Waals surface area contributed by atoms with Crippen molar-refractivity contribution in [3.63, 3.8) is 0 Å². The maximum absolute atomic E-state index is 6.57. The standard InChI is InChI=1S/C58H68N6/c1-41-17-14-15-31-63(57-40-64(57)56(38-59)49-28-30-58(3,62-50-24-12-7-13-25-50)53(36-49)51-27-26-48-35-52(48)51)32-29-47(33-42(41)2)46-23-16-18-43(34-46)39-61-55(45-21-10-6-11-22-45)37-54(60-4)44-19-8-5-9-20-44/h5,7-9,12-20,24,26-29,31-34,36-38,45-46,48,50-52,57,61-62H,1-2,6,10-11,21-23,25,30,35,39-40,59H2,3-4H3/b17-14-,31-15-,32-29-,47-33+,55-37?,56-38-,60-54?/t46?,48-,50?,51?,52?,57-,58-,64?/m0/s1. The van der Waals surface area contributed by atoms with E-state index >= 15 is 0 Å². The Balaban J connectivity index is 0.929. The molecule has 330 valence electrons. The molecule has 7 atom stereocenters. The van der Waals surface area contributed by atoms with Crippen LogP contribution in [0.1, 0.15) is 70.3 Å². The fourth-order valence-corrected chi connectivity index (χ4v) is 10.8. The molecular formula is C58H68N6. The fraction of sp³-hybridized carbons (Fsp3) is 0.362. The molecule has 0 aromatic heterocycles. The summed E-state index contributed by atoms with van der Waals surface area (Å²) in [6.45, 7) is 12.9. The molecule has 8 aliphatic rings. The lowest BCUT2D eigenvalue weighted by molar-refractivity contribution is 0.350. The van der Waals surface area contributed by atoms with Crippen LogP contribution in [-0.4, -0.2) is 53.4 Å². The highest BCUT2D eigenvalue weighted by atomic mass is 15.5. The summed E-state index contributed by atoms with van der Waals surface area (Å²) in [5.41, 5.74) is 18.1. The van der Waals surface area contributed by atoms with Gasteiger partial charge >= 0.3 is 0 Å². The quantitative estimate of drug-likeness (QED) is 0.105. The average Bonchev–Trinajstić information content (AvgIpc) is 4.26. The largest absolute Gasteiger partial charge is 0.403 e. The Hall–Kier alpha value is -5.85. The Morgan fingerprint density at radius 3 is 2.53 bits per heavy atom. The number of benzene rings is 1. The van der Waals surface area contributed by atoms with Crippen molar-refractivity contribution in [3.8, 4) is 0 Å². The van der Waals surface area contributed by atoms with E-state index in [1.807, 2.05) is 13.2 Å². The van der Waals surface area contributed by atoms with Gasteiger partial charge in [0.15, 0.2) is 0 Å². The van der Waals surface area contributed by atoms with Gasteiger partial charge in [0.2, 0.25) is 0 Å². The highest BCUT2D eigenvalue weighted by molar-refractivity contribution is 6.09.